The molecule has 24 heavy (non-hydrogen) atoms. The summed E-state index contributed by atoms with van der Waals surface area (Å²) < 4.78 is 5.30. The maximum atomic E-state index is 12.3. The molecule has 6 heteroatoms. The molecule has 1 aliphatic rings. The Morgan fingerprint density at radius 3 is 2.62 bits per heavy atom. The summed E-state index contributed by atoms with van der Waals surface area (Å²) in [5, 5.41) is 0.450. The summed E-state index contributed by atoms with van der Waals surface area (Å²) in [5.41, 5.74) is 0.867. The number of hydrogen-bond acceptors (Lipinski definition) is 4. The third-order valence-corrected chi connectivity index (χ3v) is 4.18. The molecule has 0 spiro atoms. The summed E-state index contributed by atoms with van der Waals surface area (Å²) in [4.78, 5) is 37.0. The van der Waals surface area contributed by atoms with E-state index < -0.39 is 11.9 Å². The van der Waals surface area contributed by atoms with Gasteiger partial charge in [-0.05, 0) is 24.3 Å². The van der Waals surface area contributed by atoms with Crippen molar-refractivity contribution in [1.82, 2.24) is 0 Å². The van der Waals surface area contributed by atoms with Gasteiger partial charge in [-0.3, -0.25) is 14.4 Å². The molecule has 0 bridgehead atoms. The van der Waals surface area contributed by atoms with Crippen molar-refractivity contribution in [1.29, 1.82) is 0 Å². The normalized spacial score (nSPS) is 17.0. The number of carbonyl (C=O) groups is 3. The third kappa shape index (κ3) is 3.16. The van der Waals surface area contributed by atoms with E-state index in [0.29, 0.717) is 17.0 Å². The van der Waals surface area contributed by atoms with Crippen LogP contribution in [0.15, 0.2) is 48.5 Å². The van der Waals surface area contributed by atoms with Gasteiger partial charge in [0.25, 0.3) is 0 Å². The molecule has 0 saturated carbocycles. The molecule has 0 N–H and O–H groups in total. The van der Waals surface area contributed by atoms with E-state index in [2.05, 4.69) is 0 Å². The lowest BCUT2D eigenvalue weighted by atomic mass is 10.1. The van der Waals surface area contributed by atoms with Crippen molar-refractivity contribution in [2.24, 2.45) is 5.92 Å². The van der Waals surface area contributed by atoms with Crippen LogP contribution in [0.5, 0.6) is 5.75 Å². The van der Waals surface area contributed by atoms with E-state index in [1.54, 1.807) is 48.5 Å². The minimum absolute atomic E-state index is 0.0489. The van der Waals surface area contributed by atoms with Crippen LogP contribution in [-0.2, 0) is 9.59 Å². The lowest BCUT2D eigenvalue weighted by Crippen LogP contribution is -2.27. The monoisotopic (exact) mass is 343 g/mol. The van der Waals surface area contributed by atoms with Crippen LogP contribution in [-0.4, -0.2) is 24.7 Å². The number of carbonyl (C=O) groups excluding carboxylic acids is 3. The quantitative estimate of drug-likeness (QED) is 0.486. The van der Waals surface area contributed by atoms with Gasteiger partial charge in [-0.25, -0.2) is 0 Å². The summed E-state index contributed by atoms with van der Waals surface area (Å²) >= 11 is 6.12. The van der Waals surface area contributed by atoms with E-state index in [1.165, 1.54) is 4.90 Å². The van der Waals surface area contributed by atoms with Gasteiger partial charge in [0.2, 0.25) is 5.91 Å². The Morgan fingerprint density at radius 2 is 1.88 bits per heavy atom. The minimum atomic E-state index is -0.603. The molecule has 1 aliphatic heterocycles. The van der Waals surface area contributed by atoms with Crippen LogP contribution in [0.3, 0.4) is 0 Å². The molecule has 2 aromatic carbocycles. The fourth-order valence-corrected chi connectivity index (χ4v) is 2.87. The van der Waals surface area contributed by atoms with Crippen LogP contribution < -0.4 is 9.64 Å². The molecule has 0 aliphatic carbocycles. The topological polar surface area (TPSA) is 63.7 Å². The van der Waals surface area contributed by atoms with Gasteiger partial charge < -0.3 is 9.64 Å². The number of halogens is 1. The van der Waals surface area contributed by atoms with Gasteiger partial charge in [0, 0.05) is 13.0 Å². The Balaban J connectivity index is 1.75. The fourth-order valence-electron chi connectivity index (χ4n) is 2.63. The van der Waals surface area contributed by atoms with Crippen LogP contribution >= 0.6 is 11.6 Å². The second kappa shape index (κ2) is 6.84. The third-order valence-electron chi connectivity index (χ3n) is 3.86. The first-order valence-corrected chi connectivity index (χ1v) is 7.78. The van der Waals surface area contributed by atoms with Gasteiger partial charge in [0.1, 0.15) is 5.75 Å². The Kier molecular flexibility index (Phi) is 4.62. The predicted octanol–water partition coefficient (Wildman–Crippen LogP) is 3.11. The molecule has 1 atom stereocenters. The molecule has 0 aromatic heterocycles. The molecule has 2 aromatic rings. The number of aldehydes is 1. The van der Waals surface area contributed by atoms with Crippen LogP contribution in [0.25, 0.3) is 0 Å². The fraction of sp³-hybridized carbons (Fsp3) is 0.167. The molecule has 122 valence electrons. The lowest BCUT2D eigenvalue weighted by molar-refractivity contribution is -0.139. The van der Waals surface area contributed by atoms with E-state index in [0.717, 1.165) is 0 Å². The number of anilines is 1. The molecule has 0 unspecified atom stereocenters. The highest BCUT2D eigenvalue weighted by Gasteiger charge is 2.37. The first-order chi connectivity index (χ1) is 11.6. The van der Waals surface area contributed by atoms with Gasteiger partial charge >= 0.3 is 5.97 Å². The smallest absolute Gasteiger partial charge is 0.316 e. The number of para-hydroxylation sites is 2. The highest BCUT2D eigenvalue weighted by molar-refractivity contribution is 6.33. The largest absolute Gasteiger partial charge is 0.425 e. The van der Waals surface area contributed by atoms with Crippen molar-refractivity contribution in [2.75, 3.05) is 11.4 Å². The van der Waals surface area contributed by atoms with Crippen LogP contribution in [0, 0.1) is 5.92 Å². The molecule has 3 rings (SSSR count). The van der Waals surface area contributed by atoms with Crippen LogP contribution in [0.2, 0.25) is 5.02 Å². The zero-order valence-electron chi connectivity index (χ0n) is 12.6. The number of rotatable bonds is 4. The van der Waals surface area contributed by atoms with Crippen LogP contribution in [0.4, 0.5) is 5.69 Å². The van der Waals surface area contributed by atoms with Crippen molar-refractivity contribution in [3.8, 4) is 5.75 Å². The van der Waals surface area contributed by atoms with E-state index in [4.69, 9.17) is 16.3 Å². The Labute approximate surface area is 143 Å². The van der Waals surface area contributed by atoms with Crippen molar-refractivity contribution >= 4 is 35.5 Å². The lowest BCUT2D eigenvalue weighted by Gasteiger charge is -2.17. The van der Waals surface area contributed by atoms with E-state index >= 15 is 0 Å². The highest BCUT2D eigenvalue weighted by atomic mass is 35.5. The van der Waals surface area contributed by atoms with Crippen molar-refractivity contribution in [2.45, 2.75) is 6.42 Å². The van der Waals surface area contributed by atoms with Gasteiger partial charge in [0.15, 0.2) is 6.29 Å². The molecular weight excluding hydrogens is 330 g/mol. The number of esters is 1. The second-order valence-corrected chi connectivity index (χ2v) is 5.84. The summed E-state index contributed by atoms with van der Waals surface area (Å²) in [7, 11) is 0. The number of nitrogens with zero attached hydrogens (tertiary/aromatic N) is 1. The Morgan fingerprint density at radius 1 is 1.17 bits per heavy atom. The van der Waals surface area contributed by atoms with Crippen molar-refractivity contribution in [3.05, 3.63) is 59.1 Å². The maximum absolute atomic E-state index is 12.3. The maximum Gasteiger partial charge on any atom is 0.316 e. The van der Waals surface area contributed by atoms with E-state index in [-0.39, 0.29) is 30.2 Å². The molecule has 1 saturated heterocycles. The first-order valence-electron chi connectivity index (χ1n) is 7.41. The summed E-state index contributed by atoms with van der Waals surface area (Å²) in [6, 6.07) is 13.4. The van der Waals surface area contributed by atoms with Crippen LogP contribution in [0.1, 0.15) is 16.8 Å². The van der Waals surface area contributed by atoms with E-state index in [9.17, 15) is 14.4 Å². The first kappa shape index (κ1) is 16.2. The average Bonchev–Trinajstić information content (AvgIpc) is 2.97. The van der Waals surface area contributed by atoms with Crippen molar-refractivity contribution < 1.29 is 19.1 Å². The van der Waals surface area contributed by atoms with E-state index in [1.807, 2.05) is 0 Å². The Bertz CT molecular complexity index is 805. The summed E-state index contributed by atoms with van der Waals surface area (Å²) in [5.74, 6) is -1.13. The molecule has 1 fully saturated rings. The SMILES string of the molecule is O=Cc1ccccc1OC(=O)[C@H]1CC(=O)N(c2ccccc2Cl)C1. The molecule has 0 radical (unpaired) electrons. The summed E-state index contributed by atoms with van der Waals surface area (Å²) in [6.45, 7) is 0.199. The molecule has 1 amide bonds. The zero-order chi connectivity index (χ0) is 17.1. The number of hydrogen-bond donors (Lipinski definition) is 0. The molecule has 5 nitrogen and oxygen atoms in total. The number of ether oxygens (including phenoxy) is 1. The highest BCUT2D eigenvalue weighted by Crippen LogP contribution is 2.31. The molecule has 1 heterocycles. The standard InChI is InChI=1S/C18H14ClNO4/c19-14-6-2-3-7-15(14)20-10-13(9-17(20)22)18(23)24-16-8-4-1-5-12(16)11-21/h1-8,11,13H,9-10H2/t13-/m0/s1. The number of benzene rings is 2. The average molecular weight is 344 g/mol. The van der Waals surface area contributed by atoms with Gasteiger partial charge in [0.05, 0.1) is 22.2 Å². The number of amides is 1. The Hall–Kier alpha value is -2.66. The van der Waals surface area contributed by atoms with Gasteiger partial charge in [-0.2, -0.15) is 0 Å². The molecular formula is C18H14ClNO4. The van der Waals surface area contributed by atoms with Gasteiger partial charge in [-0.1, -0.05) is 35.9 Å². The predicted molar refractivity (Wildman–Crippen MR) is 89.4 cm³/mol. The zero-order valence-corrected chi connectivity index (χ0v) is 13.4. The minimum Gasteiger partial charge on any atom is -0.425 e. The van der Waals surface area contributed by atoms with Crippen molar-refractivity contribution in [3.63, 3.8) is 0 Å². The summed E-state index contributed by atoms with van der Waals surface area (Å²) in [6.07, 6.45) is 0.672. The van der Waals surface area contributed by atoms with Gasteiger partial charge in [-0.15, -0.1) is 0 Å². The second-order valence-electron chi connectivity index (χ2n) is 5.43.